The quantitative estimate of drug-likeness (QED) is 0.272. The first-order valence-electron chi connectivity index (χ1n) is 17.6. The lowest BCUT2D eigenvalue weighted by Gasteiger charge is -2.36. The second-order valence-electron chi connectivity index (χ2n) is 15.4. The van der Waals surface area contributed by atoms with Crippen LogP contribution in [0.2, 0.25) is 5.02 Å². The summed E-state index contributed by atoms with van der Waals surface area (Å²) in [6, 6.07) is 0.874. The number of nitrogens with one attached hydrogen (secondary N) is 3. The maximum Gasteiger partial charge on any atom is 0.289 e. The molecule has 0 aromatic heterocycles. The first-order chi connectivity index (χ1) is 23.2. The number of hydrogen-bond donors (Lipinski definition) is 3. The predicted molar refractivity (Wildman–Crippen MR) is 182 cm³/mol. The van der Waals surface area contributed by atoms with E-state index < -0.39 is 58.5 Å². The Morgan fingerprint density at radius 1 is 1.06 bits per heavy atom. The lowest BCUT2D eigenvalue weighted by Crippen LogP contribution is -2.59. The summed E-state index contributed by atoms with van der Waals surface area (Å²) in [7, 11) is 0. The van der Waals surface area contributed by atoms with Gasteiger partial charge in [0.15, 0.2) is 5.60 Å². The number of amides is 4. The Morgan fingerprint density at radius 3 is 2.41 bits per heavy atom. The minimum atomic E-state index is -1.13. The molecule has 4 atom stereocenters. The summed E-state index contributed by atoms with van der Waals surface area (Å²) in [5.74, 6) is -3.03. The topological polar surface area (TPSA) is 146 Å². The van der Waals surface area contributed by atoms with Crippen molar-refractivity contribution in [3.05, 3.63) is 34.6 Å². The van der Waals surface area contributed by atoms with Crippen molar-refractivity contribution >= 4 is 46.7 Å². The largest absolute Gasteiger partial charge is 0.387 e. The SMILES string of the molecule is CCC[C@H](NC(=O)[C@@H]1C[C@]2(CC(c3cc(F)cc(Cl)c3)=NO2)CN1C(=O)[C@@H](NC(=O)CC1CCCCC1)C(C)(C)C)C(=O)C(=O)NC1CC1. The molecule has 3 fully saturated rings. The zero-order chi connectivity index (χ0) is 35.5. The average molecular weight is 702 g/mol. The number of rotatable bonds is 12. The molecule has 0 bridgehead atoms. The number of benzene rings is 1. The molecule has 2 saturated carbocycles. The maximum atomic E-state index is 14.5. The van der Waals surface area contributed by atoms with Crippen molar-refractivity contribution < 1.29 is 33.2 Å². The Morgan fingerprint density at radius 2 is 1.78 bits per heavy atom. The Hall–Kier alpha value is -3.54. The fourth-order valence-electron chi connectivity index (χ4n) is 7.16. The Labute approximate surface area is 292 Å². The lowest BCUT2D eigenvalue weighted by atomic mass is 9.84. The highest BCUT2D eigenvalue weighted by Crippen LogP contribution is 2.40. The summed E-state index contributed by atoms with van der Waals surface area (Å²) in [4.78, 5) is 75.2. The molecule has 4 amide bonds. The molecule has 2 heterocycles. The number of oxime groups is 1. The molecule has 13 heteroatoms. The molecule has 49 heavy (non-hydrogen) atoms. The molecular formula is C36H49ClFN5O6. The molecule has 268 valence electrons. The lowest BCUT2D eigenvalue weighted by molar-refractivity contribution is -0.145. The minimum absolute atomic E-state index is 0.0226. The van der Waals surface area contributed by atoms with Crippen LogP contribution in [0.25, 0.3) is 0 Å². The maximum absolute atomic E-state index is 14.5. The summed E-state index contributed by atoms with van der Waals surface area (Å²) < 4.78 is 14.2. The van der Waals surface area contributed by atoms with Gasteiger partial charge in [-0.1, -0.05) is 70.1 Å². The number of hydrogen-bond acceptors (Lipinski definition) is 7. The monoisotopic (exact) mass is 701 g/mol. The van der Waals surface area contributed by atoms with Crippen molar-refractivity contribution in [3.8, 4) is 0 Å². The van der Waals surface area contributed by atoms with E-state index in [0.29, 0.717) is 24.1 Å². The normalized spacial score (nSPS) is 23.8. The van der Waals surface area contributed by atoms with Gasteiger partial charge >= 0.3 is 0 Å². The molecule has 0 unspecified atom stereocenters. The van der Waals surface area contributed by atoms with Crippen molar-refractivity contribution in [2.75, 3.05) is 6.54 Å². The number of nitrogens with zero attached hydrogens (tertiary/aromatic N) is 2. The highest BCUT2D eigenvalue weighted by molar-refractivity contribution is 6.38. The number of carbonyl (C=O) groups excluding carboxylic acids is 5. The van der Waals surface area contributed by atoms with Gasteiger partial charge in [0.1, 0.15) is 17.9 Å². The molecule has 2 aliphatic heterocycles. The summed E-state index contributed by atoms with van der Waals surface area (Å²) in [5, 5.41) is 12.9. The van der Waals surface area contributed by atoms with Crippen molar-refractivity contribution in [1.29, 1.82) is 0 Å². The van der Waals surface area contributed by atoms with Crippen molar-refractivity contribution in [1.82, 2.24) is 20.9 Å². The van der Waals surface area contributed by atoms with E-state index in [0.717, 1.165) is 44.9 Å². The third-order valence-electron chi connectivity index (χ3n) is 9.98. The van der Waals surface area contributed by atoms with E-state index in [1.54, 1.807) is 6.07 Å². The fourth-order valence-corrected chi connectivity index (χ4v) is 7.38. The highest BCUT2D eigenvalue weighted by Gasteiger charge is 2.55. The molecule has 4 aliphatic rings. The van der Waals surface area contributed by atoms with Crippen LogP contribution in [0.1, 0.15) is 110 Å². The third kappa shape index (κ3) is 9.18. The van der Waals surface area contributed by atoms with Gasteiger partial charge < -0.3 is 25.7 Å². The van der Waals surface area contributed by atoms with Crippen LogP contribution in [-0.2, 0) is 28.8 Å². The molecule has 1 saturated heterocycles. The van der Waals surface area contributed by atoms with Gasteiger partial charge in [-0.25, -0.2) is 4.39 Å². The van der Waals surface area contributed by atoms with Gasteiger partial charge in [0.25, 0.3) is 5.91 Å². The molecule has 11 nitrogen and oxygen atoms in total. The van der Waals surface area contributed by atoms with E-state index >= 15 is 0 Å². The number of ketones is 1. The van der Waals surface area contributed by atoms with Crippen LogP contribution in [0.15, 0.2) is 23.4 Å². The average Bonchev–Trinajstić information content (AvgIpc) is 3.63. The highest BCUT2D eigenvalue weighted by atomic mass is 35.5. The summed E-state index contributed by atoms with van der Waals surface area (Å²) >= 11 is 6.11. The van der Waals surface area contributed by atoms with Crippen LogP contribution in [0.3, 0.4) is 0 Å². The Balaban J connectivity index is 1.39. The molecule has 1 spiro atoms. The van der Waals surface area contributed by atoms with E-state index in [4.69, 9.17) is 16.4 Å². The van der Waals surface area contributed by atoms with Crippen molar-refractivity contribution in [2.24, 2.45) is 16.5 Å². The predicted octanol–water partition coefficient (Wildman–Crippen LogP) is 4.58. The van der Waals surface area contributed by atoms with Crippen LogP contribution in [0.5, 0.6) is 0 Å². The molecule has 2 aliphatic carbocycles. The number of Topliss-reactive ketones (excluding diaryl/α,β-unsaturated/α-hetero) is 1. The van der Waals surface area contributed by atoms with Gasteiger partial charge in [-0.05, 0) is 61.6 Å². The van der Waals surface area contributed by atoms with E-state index in [2.05, 4.69) is 21.1 Å². The standard InChI is InChI=1S/C36H49ClFN5O6/c1-5-9-26(30(45)33(47)39-25-12-13-25)40-32(46)28-19-36(18-27(42-49-36)22-15-23(37)17-24(38)16-22)20-43(28)34(48)31(35(2,3)4)41-29(44)14-21-10-7-6-8-11-21/h15-17,21,25-26,28,31H,5-14,18-20H2,1-4H3,(H,39,47)(H,40,46)(H,41,44)/t26-,28-,31+,36+/m0/s1. The molecule has 0 radical (unpaired) electrons. The van der Waals surface area contributed by atoms with E-state index in [1.807, 2.05) is 27.7 Å². The minimum Gasteiger partial charge on any atom is -0.387 e. The van der Waals surface area contributed by atoms with E-state index in [1.165, 1.54) is 17.0 Å². The molecule has 1 aromatic carbocycles. The summed E-state index contributed by atoms with van der Waals surface area (Å²) in [6.45, 7) is 7.37. The number of carbonyl (C=O) groups is 5. The number of likely N-dealkylation sites (tertiary alicyclic amines) is 1. The van der Waals surface area contributed by atoms with Crippen LogP contribution in [-0.4, -0.2) is 76.3 Å². The number of halogens is 2. The van der Waals surface area contributed by atoms with Gasteiger partial charge in [0.05, 0.1) is 18.3 Å². The zero-order valence-corrected chi connectivity index (χ0v) is 29.7. The molecule has 3 N–H and O–H groups in total. The Bertz CT molecular complexity index is 1470. The van der Waals surface area contributed by atoms with E-state index in [9.17, 15) is 28.4 Å². The van der Waals surface area contributed by atoms with Crippen LogP contribution in [0.4, 0.5) is 4.39 Å². The summed E-state index contributed by atoms with van der Waals surface area (Å²) in [6.07, 6.45) is 8.18. The van der Waals surface area contributed by atoms with Crippen LogP contribution >= 0.6 is 11.6 Å². The Kier molecular flexibility index (Phi) is 11.4. The van der Waals surface area contributed by atoms with Crippen molar-refractivity contribution in [3.63, 3.8) is 0 Å². The molecular weight excluding hydrogens is 653 g/mol. The van der Waals surface area contributed by atoms with Crippen molar-refractivity contribution in [2.45, 2.75) is 135 Å². The molecule has 1 aromatic rings. The van der Waals surface area contributed by atoms with Crippen LogP contribution < -0.4 is 16.0 Å². The van der Waals surface area contributed by atoms with Gasteiger partial charge in [-0.15, -0.1) is 0 Å². The third-order valence-corrected chi connectivity index (χ3v) is 10.2. The van der Waals surface area contributed by atoms with E-state index in [-0.39, 0.29) is 48.7 Å². The van der Waals surface area contributed by atoms with Gasteiger partial charge in [0, 0.05) is 35.9 Å². The van der Waals surface area contributed by atoms with Gasteiger partial charge in [-0.3, -0.25) is 24.0 Å². The van der Waals surface area contributed by atoms with Gasteiger partial charge in [-0.2, -0.15) is 0 Å². The first kappa shape index (κ1) is 36.7. The van der Waals surface area contributed by atoms with Crippen LogP contribution in [0, 0.1) is 17.2 Å². The smallest absolute Gasteiger partial charge is 0.289 e. The second-order valence-corrected chi connectivity index (χ2v) is 15.8. The second kappa shape index (κ2) is 15.1. The zero-order valence-electron chi connectivity index (χ0n) is 28.9. The summed E-state index contributed by atoms with van der Waals surface area (Å²) in [5.41, 5.74) is -1.01. The fraction of sp³-hybridized carbons (Fsp3) is 0.667. The first-order valence-corrected chi connectivity index (χ1v) is 18.0. The van der Waals surface area contributed by atoms with Gasteiger partial charge in [0.2, 0.25) is 23.5 Å². The molecule has 5 rings (SSSR count).